The van der Waals surface area contributed by atoms with Crippen LogP contribution in [0.1, 0.15) is 36.6 Å². The molecule has 1 amide bonds. The summed E-state index contributed by atoms with van der Waals surface area (Å²) < 4.78 is 6.64. The molecular weight excluding hydrogens is 282 g/mol. The Morgan fingerprint density at radius 1 is 1.50 bits per heavy atom. The number of nitrogens with zero attached hydrogens (tertiary/aromatic N) is 3. The van der Waals surface area contributed by atoms with Crippen LogP contribution >= 0.6 is 0 Å². The van der Waals surface area contributed by atoms with E-state index in [2.05, 4.69) is 20.7 Å². The van der Waals surface area contributed by atoms with Crippen LogP contribution in [0, 0.1) is 0 Å². The summed E-state index contributed by atoms with van der Waals surface area (Å²) in [6, 6.07) is 1.87. The molecule has 1 fully saturated rings. The minimum Gasteiger partial charge on any atom is -0.472 e. The topological polar surface area (TPSA) is 85.0 Å². The third kappa shape index (κ3) is 3.54. The van der Waals surface area contributed by atoms with E-state index in [0.29, 0.717) is 24.7 Å². The molecule has 1 aliphatic heterocycles. The van der Waals surface area contributed by atoms with Crippen LogP contribution in [-0.4, -0.2) is 33.8 Å². The van der Waals surface area contributed by atoms with Gasteiger partial charge >= 0.3 is 0 Å². The summed E-state index contributed by atoms with van der Waals surface area (Å²) in [6.07, 6.45) is 6.40. The van der Waals surface area contributed by atoms with Crippen LogP contribution in [0.25, 0.3) is 0 Å². The van der Waals surface area contributed by atoms with E-state index in [-0.39, 0.29) is 5.91 Å². The Kier molecular flexibility index (Phi) is 4.53. The number of aromatic nitrogens is 3. The summed E-state index contributed by atoms with van der Waals surface area (Å²) in [5.74, 6) is 1.66. The van der Waals surface area contributed by atoms with E-state index in [1.165, 1.54) is 0 Å². The lowest BCUT2D eigenvalue weighted by Gasteiger charge is -2.19. The fourth-order valence-electron chi connectivity index (χ4n) is 2.65. The Hall–Kier alpha value is -2.15. The van der Waals surface area contributed by atoms with Gasteiger partial charge in [-0.25, -0.2) is 4.68 Å². The monoisotopic (exact) mass is 303 g/mol. The first-order valence-corrected chi connectivity index (χ1v) is 7.65. The van der Waals surface area contributed by atoms with Crippen molar-refractivity contribution in [1.29, 1.82) is 0 Å². The number of anilines is 1. The second kappa shape index (κ2) is 6.74. The molecule has 1 saturated heterocycles. The Bertz CT molecular complexity index is 614. The number of carbonyl (C=O) groups excluding carboxylic acids is 1. The van der Waals surface area contributed by atoms with E-state index in [0.717, 1.165) is 37.3 Å². The molecule has 2 aromatic rings. The third-order valence-corrected chi connectivity index (χ3v) is 3.96. The zero-order valence-electron chi connectivity index (χ0n) is 12.7. The maximum Gasteiger partial charge on any atom is 0.227 e. The van der Waals surface area contributed by atoms with E-state index in [9.17, 15) is 4.79 Å². The van der Waals surface area contributed by atoms with Crippen molar-refractivity contribution in [2.24, 2.45) is 7.05 Å². The molecule has 0 aromatic carbocycles. The highest BCUT2D eigenvalue weighted by Gasteiger charge is 2.21. The molecule has 3 rings (SSSR count). The van der Waals surface area contributed by atoms with Gasteiger partial charge in [-0.3, -0.25) is 10.1 Å². The van der Waals surface area contributed by atoms with E-state index in [1.807, 2.05) is 13.1 Å². The summed E-state index contributed by atoms with van der Waals surface area (Å²) in [4.78, 5) is 16.5. The Morgan fingerprint density at radius 3 is 3.05 bits per heavy atom. The number of amides is 1. The van der Waals surface area contributed by atoms with Gasteiger partial charge in [-0.15, -0.1) is 0 Å². The first kappa shape index (κ1) is 14.8. The Balaban J connectivity index is 1.57. The maximum atomic E-state index is 12.0. The van der Waals surface area contributed by atoms with Gasteiger partial charge in [0.25, 0.3) is 0 Å². The Morgan fingerprint density at radius 2 is 2.32 bits per heavy atom. The fraction of sp³-hybridized carbons (Fsp3) is 0.533. The van der Waals surface area contributed by atoms with Gasteiger partial charge in [-0.05, 0) is 44.0 Å². The van der Waals surface area contributed by atoms with E-state index < -0.39 is 0 Å². The zero-order chi connectivity index (χ0) is 15.4. The van der Waals surface area contributed by atoms with Gasteiger partial charge in [-0.2, -0.15) is 10.1 Å². The lowest BCUT2D eigenvalue weighted by Crippen LogP contribution is -2.27. The molecule has 3 heterocycles. The fourth-order valence-corrected chi connectivity index (χ4v) is 2.65. The number of piperidine rings is 1. The van der Waals surface area contributed by atoms with Crippen molar-refractivity contribution in [3.63, 3.8) is 0 Å². The molecule has 1 aliphatic rings. The van der Waals surface area contributed by atoms with Gasteiger partial charge in [-0.1, -0.05) is 0 Å². The average molecular weight is 303 g/mol. The highest BCUT2D eigenvalue weighted by molar-refractivity contribution is 5.89. The summed E-state index contributed by atoms with van der Waals surface area (Å²) in [5.41, 5.74) is 1.02. The standard InChI is InChI=1S/C15H21N5O2/c1-20-15(17-13(21)3-2-11-6-9-22-10-11)18-14(19-20)12-4-7-16-8-5-12/h6,9-10,12,16H,2-5,7-8H2,1H3,(H,17,18,19,21). The Labute approximate surface area is 129 Å². The van der Waals surface area contributed by atoms with E-state index >= 15 is 0 Å². The lowest BCUT2D eigenvalue weighted by molar-refractivity contribution is -0.116. The van der Waals surface area contributed by atoms with Crippen molar-refractivity contribution in [1.82, 2.24) is 20.1 Å². The molecule has 2 N–H and O–H groups in total. The first-order chi connectivity index (χ1) is 10.7. The highest BCUT2D eigenvalue weighted by atomic mass is 16.3. The van der Waals surface area contributed by atoms with Crippen molar-refractivity contribution in [2.75, 3.05) is 18.4 Å². The van der Waals surface area contributed by atoms with Crippen LogP contribution in [0.5, 0.6) is 0 Å². The largest absolute Gasteiger partial charge is 0.472 e. The zero-order valence-corrected chi connectivity index (χ0v) is 12.7. The quantitative estimate of drug-likeness (QED) is 0.873. The predicted molar refractivity (Wildman–Crippen MR) is 81.5 cm³/mol. The molecule has 2 aromatic heterocycles. The summed E-state index contributed by atoms with van der Waals surface area (Å²) in [7, 11) is 1.81. The number of aryl methyl sites for hydroxylation is 2. The molecule has 0 aliphatic carbocycles. The van der Waals surface area contributed by atoms with Crippen molar-refractivity contribution in [3.8, 4) is 0 Å². The van der Waals surface area contributed by atoms with Crippen molar-refractivity contribution < 1.29 is 9.21 Å². The predicted octanol–water partition coefficient (Wildman–Crippen LogP) is 1.45. The van der Waals surface area contributed by atoms with Crippen molar-refractivity contribution >= 4 is 11.9 Å². The summed E-state index contributed by atoms with van der Waals surface area (Å²) in [6.45, 7) is 1.99. The third-order valence-electron chi connectivity index (χ3n) is 3.96. The highest BCUT2D eigenvalue weighted by Crippen LogP contribution is 2.23. The molecule has 0 radical (unpaired) electrons. The van der Waals surface area contributed by atoms with Crippen LogP contribution < -0.4 is 10.6 Å². The molecule has 0 atom stereocenters. The number of carbonyl (C=O) groups is 1. The van der Waals surface area contributed by atoms with Gasteiger partial charge in [0.2, 0.25) is 11.9 Å². The average Bonchev–Trinajstić information content (AvgIpc) is 3.17. The second-order valence-corrected chi connectivity index (χ2v) is 5.62. The van der Waals surface area contributed by atoms with Crippen LogP contribution in [-0.2, 0) is 18.3 Å². The van der Waals surface area contributed by atoms with Gasteiger partial charge in [0.15, 0.2) is 5.82 Å². The molecule has 0 spiro atoms. The van der Waals surface area contributed by atoms with Gasteiger partial charge in [0.1, 0.15) is 0 Å². The number of rotatable bonds is 5. The molecular formula is C15H21N5O2. The maximum absolute atomic E-state index is 12.0. The van der Waals surface area contributed by atoms with Crippen LogP contribution in [0.2, 0.25) is 0 Å². The van der Waals surface area contributed by atoms with E-state index in [1.54, 1.807) is 17.2 Å². The van der Waals surface area contributed by atoms with Gasteiger partial charge in [0.05, 0.1) is 12.5 Å². The molecule has 0 saturated carbocycles. The second-order valence-electron chi connectivity index (χ2n) is 5.62. The number of furan rings is 1. The smallest absolute Gasteiger partial charge is 0.227 e. The van der Waals surface area contributed by atoms with Crippen LogP contribution in [0.15, 0.2) is 23.0 Å². The van der Waals surface area contributed by atoms with Gasteiger partial charge < -0.3 is 9.73 Å². The lowest BCUT2D eigenvalue weighted by atomic mass is 9.98. The molecule has 0 unspecified atom stereocenters. The number of nitrogens with one attached hydrogen (secondary N) is 2. The molecule has 22 heavy (non-hydrogen) atoms. The normalized spacial score (nSPS) is 15.9. The molecule has 118 valence electrons. The van der Waals surface area contributed by atoms with Crippen molar-refractivity contribution in [2.45, 2.75) is 31.6 Å². The van der Waals surface area contributed by atoms with Crippen LogP contribution in [0.4, 0.5) is 5.95 Å². The first-order valence-electron chi connectivity index (χ1n) is 7.65. The van der Waals surface area contributed by atoms with Gasteiger partial charge in [0, 0.05) is 19.4 Å². The minimum absolute atomic E-state index is 0.0615. The summed E-state index contributed by atoms with van der Waals surface area (Å²) in [5, 5.41) is 10.6. The van der Waals surface area contributed by atoms with Crippen molar-refractivity contribution in [3.05, 3.63) is 30.0 Å². The van der Waals surface area contributed by atoms with Crippen LogP contribution in [0.3, 0.4) is 0 Å². The minimum atomic E-state index is -0.0615. The molecule has 7 heteroatoms. The molecule has 7 nitrogen and oxygen atoms in total. The van der Waals surface area contributed by atoms with E-state index in [4.69, 9.17) is 4.42 Å². The summed E-state index contributed by atoms with van der Waals surface area (Å²) >= 11 is 0. The SMILES string of the molecule is Cn1nc(C2CCNCC2)nc1NC(=O)CCc1ccoc1. The molecule has 0 bridgehead atoms. The number of hydrogen-bond donors (Lipinski definition) is 2. The number of hydrogen-bond acceptors (Lipinski definition) is 5.